The number of nitrogens with one attached hydrogen (secondary N) is 1. The predicted octanol–water partition coefficient (Wildman–Crippen LogP) is -0.126. The van der Waals surface area contributed by atoms with Gasteiger partial charge in [-0.1, -0.05) is 30.3 Å². The lowest BCUT2D eigenvalue weighted by Crippen LogP contribution is -2.53. The highest BCUT2D eigenvalue weighted by molar-refractivity contribution is 5.88. The molecule has 1 fully saturated rings. The van der Waals surface area contributed by atoms with Gasteiger partial charge in [0.25, 0.3) is 5.91 Å². The molecule has 0 bridgehead atoms. The van der Waals surface area contributed by atoms with E-state index >= 15 is 0 Å². The number of rotatable bonds is 4. The molecule has 22 heavy (non-hydrogen) atoms. The van der Waals surface area contributed by atoms with Crippen molar-refractivity contribution in [1.82, 2.24) is 10.2 Å². The van der Waals surface area contributed by atoms with Crippen molar-refractivity contribution in [3.8, 4) is 0 Å². The number of hydrogen-bond acceptors (Lipinski definition) is 5. The van der Waals surface area contributed by atoms with Crippen molar-refractivity contribution in [2.75, 3.05) is 27.3 Å². The quantitative estimate of drug-likeness (QED) is 0.784. The van der Waals surface area contributed by atoms with Gasteiger partial charge >= 0.3 is 5.97 Å². The molecule has 7 heteroatoms. The maximum atomic E-state index is 12.3. The second kappa shape index (κ2) is 7.04. The summed E-state index contributed by atoms with van der Waals surface area (Å²) in [6.07, 6.45) is -0.880. The highest BCUT2D eigenvalue weighted by atomic mass is 16.5. The Labute approximate surface area is 128 Å². The summed E-state index contributed by atoms with van der Waals surface area (Å²) in [4.78, 5) is 36.7. The fourth-order valence-electron chi connectivity index (χ4n) is 2.31. The lowest BCUT2D eigenvalue weighted by atomic mass is 9.97. The van der Waals surface area contributed by atoms with E-state index in [0.717, 1.165) is 5.56 Å². The largest absolute Gasteiger partial charge is 0.468 e. The van der Waals surface area contributed by atoms with Gasteiger partial charge in [0.2, 0.25) is 5.91 Å². The average Bonchev–Trinajstić information content (AvgIpc) is 2.55. The number of nitrogens with zero attached hydrogens (tertiary/aromatic N) is 1. The van der Waals surface area contributed by atoms with Crippen LogP contribution in [0.15, 0.2) is 30.3 Å². The standard InChI is InChI=1S/C15H18N2O5/c1-17-11(18)9-22-14(15(20)16-8-12(19)21-2)13(17)10-6-4-3-5-7-10/h3-7,13-14H,8-9H2,1-2H3,(H,16,20)/t13-,14-/m0/s1. The molecule has 1 saturated heterocycles. The number of carbonyl (C=O) groups excluding carboxylic acids is 3. The molecule has 1 aliphatic rings. The molecular formula is C15H18N2O5. The van der Waals surface area contributed by atoms with Crippen molar-refractivity contribution in [3.05, 3.63) is 35.9 Å². The van der Waals surface area contributed by atoms with E-state index in [-0.39, 0.29) is 19.1 Å². The SMILES string of the molecule is COC(=O)CNC(=O)[C@H]1OCC(=O)N(C)[C@H]1c1ccccc1. The summed E-state index contributed by atoms with van der Waals surface area (Å²) in [6, 6.07) is 8.60. The molecule has 0 aromatic heterocycles. The zero-order chi connectivity index (χ0) is 16.1. The molecule has 2 rings (SSSR count). The normalized spacial score (nSPS) is 21.4. The lowest BCUT2D eigenvalue weighted by Gasteiger charge is -2.38. The summed E-state index contributed by atoms with van der Waals surface area (Å²) >= 11 is 0. The van der Waals surface area contributed by atoms with Crippen molar-refractivity contribution in [1.29, 1.82) is 0 Å². The van der Waals surface area contributed by atoms with E-state index in [2.05, 4.69) is 10.1 Å². The maximum Gasteiger partial charge on any atom is 0.325 e. The summed E-state index contributed by atoms with van der Waals surface area (Å²) in [5, 5.41) is 2.46. The van der Waals surface area contributed by atoms with E-state index in [1.807, 2.05) is 30.3 Å². The molecular weight excluding hydrogens is 288 g/mol. The highest BCUT2D eigenvalue weighted by Gasteiger charge is 2.39. The number of methoxy groups -OCH3 is 1. The van der Waals surface area contributed by atoms with Crippen LogP contribution in [0.5, 0.6) is 0 Å². The van der Waals surface area contributed by atoms with Gasteiger partial charge in [-0.25, -0.2) is 0 Å². The fraction of sp³-hybridized carbons (Fsp3) is 0.400. The minimum Gasteiger partial charge on any atom is -0.468 e. The van der Waals surface area contributed by atoms with Gasteiger partial charge < -0.3 is 19.7 Å². The molecule has 1 aliphatic heterocycles. The number of amides is 2. The number of ether oxygens (including phenoxy) is 2. The maximum absolute atomic E-state index is 12.3. The first kappa shape index (κ1) is 16.0. The van der Waals surface area contributed by atoms with Crippen molar-refractivity contribution >= 4 is 17.8 Å². The van der Waals surface area contributed by atoms with Crippen molar-refractivity contribution in [2.45, 2.75) is 12.1 Å². The summed E-state index contributed by atoms with van der Waals surface area (Å²) in [5.41, 5.74) is 0.788. The molecule has 0 spiro atoms. The van der Waals surface area contributed by atoms with E-state index < -0.39 is 24.0 Å². The smallest absolute Gasteiger partial charge is 0.325 e. The molecule has 0 radical (unpaired) electrons. The van der Waals surface area contributed by atoms with Gasteiger partial charge in [-0.3, -0.25) is 14.4 Å². The Morgan fingerprint density at radius 2 is 2.05 bits per heavy atom. The van der Waals surface area contributed by atoms with E-state index in [4.69, 9.17) is 4.74 Å². The number of hydrogen-bond donors (Lipinski definition) is 1. The van der Waals surface area contributed by atoms with Crippen LogP contribution in [-0.2, 0) is 23.9 Å². The first-order valence-electron chi connectivity index (χ1n) is 6.81. The molecule has 1 aromatic rings. The van der Waals surface area contributed by atoms with Gasteiger partial charge in [0.05, 0.1) is 13.2 Å². The summed E-state index contributed by atoms with van der Waals surface area (Å²) < 4.78 is 9.88. The molecule has 1 heterocycles. The van der Waals surface area contributed by atoms with E-state index in [1.54, 1.807) is 7.05 Å². The van der Waals surface area contributed by atoms with Crippen LogP contribution in [0.2, 0.25) is 0 Å². The lowest BCUT2D eigenvalue weighted by molar-refractivity contribution is -0.163. The van der Waals surface area contributed by atoms with Gasteiger partial charge in [-0.2, -0.15) is 0 Å². The molecule has 1 N–H and O–H groups in total. The van der Waals surface area contributed by atoms with Gasteiger partial charge in [0.15, 0.2) is 6.10 Å². The molecule has 0 aliphatic carbocycles. The molecule has 0 saturated carbocycles. The Bertz CT molecular complexity index is 560. The third-order valence-electron chi connectivity index (χ3n) is 3.52. The van der Waals surface area contributed by atoms with Crippen LogP contribution in [0, 0.1) is 0 Å². The summed E-state index contributed by atoms with van der Waals surface area (Å²) in [7, 11) is 2.87. The van der Waals surface area contributed by atoms with Crippen molar-refractivity contribution < 1.29 is 23.9 Å². The van der Waals surface area contributed by atoms with E-state index in [1.165, 1.54) is 12.0 Å². The number of carbonyl (C=O) groups is 3. The number of likely N-dealkylation sites (N-methyl/N-ethyl adjacent to an activating group) is 1. The van der Waals surface area contributed by atoms with Crippen LogP contribution in [0.25, 0.3) is 0 Å². The van der Waals surface area contributed by atoms with Crippen LogP contribution in [0.1, 0.15) is 11.6 Å². The minimum absolute atomic E-state index is 0.170. The molecule has 118 valence electrons. The zero-order valence-electron chi connectivity index (χ0n) is 12.4. The fourth-order valence-corrected chi connectivity index (χ4v) is 2.31. The molecule has 1 aromatic carbocycles. The first-order valence-corrected chi connectivity index (χ1v) is 6.81. The van der Waals surface area contributed by atoms with E-state index in [9.17, 15) is 14.4 Å². The van der Waals surface area contributed by atoms with Crippen LogP contribution in [-0.4, -0.2) is 56.1 Å². The van der Waals surface area contributed by atoms with Crippen LogP contribution < -0.4 is 5.32 Å². The Hall–Kier alpha value is -2.41. The number of esters is 1. The third kappa shape index (κ3) is 3.43. The number of benzene rings is 1. The molecule has 2 atom stereocenters. The Kier molecular flexibility index (Phi) is 5.11. The van der Waals surface area contributed by atoms with Gasteiger partial charge in [0, 0.05) is 7.05 Å². The topological polar surface area (TPSA) is 84.9 Å². The third-order valence-corrected chi connectivity index (χ3v) is 3.52. The van der Waals surface area contributed by atoms with Gasteiger partial charge in [0.1, 0.15) is 13.2 Å². The second-order valence-corrected chi connectivity index (χ2v) is 4.89. The van der Waals surface area contributed by atoms with Gasteiger partial charge in [-0.05, 0) is 5.56 Å². The summed E-state index contributed by atoms with van der Waals surface area (Å²) in [5.74, 6) is -1.21. The average molecular weight is 306 g/mol. The highest BCUT2D eigenvalue weighted by Crippen LogP contribution is 2.28. The second-order valence-electron chi connectivity index (χ2n) is 4.89. The first-order chi connectivity index (χ1) is 10.5. The molecule has 0 unspecified atom stereocenters. The van der Waals surface area contributed by atoms with Crippen LogP contribution in [0.4, 0.5) is 0 Å². The van der Waals surface area contributed by atoms with Crippen LogP contribution in [0.3, 0.4) is 0 Å². The van der Waals surface area contributed by atoms with Crippen molar-refractivity contribution in [3.63, 3.8) is 0 Å². The zero-order valence-corrected chi connectivity index (χ0v) is 12.4. The minimum atomic E-state index is -0.880. The van der Waals surface area contributed by atoms with E-state index in [0.29, 0.717) is 0 Å². The monoisotopic (exact) mass is 306 g/mol. The summed E-state index contributed by atoms with van der Waals surface area (Å²) in [6.45, 7) is -0.412. The molecule has 2 amide bonds. The Balaban J connectivity index is 2.18. The van der Waals surface area contributed by atoms with Crippen molar-refractivity contribution in [2.24, 2.45) is 0 Å². The molecule has 7 nitrogen and oxygen atoms in total. The number of morpholine rings is 1. The van der Waals surface area contributed by atoms with Crippen LogP contribution >= 0.6 is 0 Å². The Morgan fingerprint density at radius 1 is 1.36 bits per heavy atom. The predicted molar refractivity (Wildman–Crippen MR) is 76.7 cm³/mol. The van der Waals surface area contributed by atoms with Gasteiger partial charge in [-0.15, -0.1) is 0 Å². The Morgan fingerprint density at radius 3 is 2.68 bits per heavy atom.